The number of ether oxygens (including phenoxy) is 1. The molecule has 3 aromatic heterocycles. The molecule has 8 nitrogen and oxygen atoms in total. The molecule has 31 heavy (non-hydrogen) atoms. The summed E-state index contributed by atoms with van der Waals surface area (Å²) in [7, 11) is 0. The number of nitrogens with one attached hydrogen (secondary N) is 2. The number of aromatic nitrogens is 3. The molecule has 0 unspecified atom stereocenters. The quantitative estimate of drug-likeness (QED) is 0.371. The van der Waals surface area contributed by atoms with Gasteiger partial charge in [-0.05, 0) is 45.9 Å². The number of benzene rings is 1. The van der Waals surface area contributed by atoms with Gasteiger partial charge in [-0.2, -0.15) is 0 Å². The molecule has 0 fully saturated rings. The Hall–Kier alpha value is -3.46. The molecule has 0 bridgehead atoms. The number of oxazole rings is 1. The van der Waals surface area contributed by atoms with E-state index in [9.17, 15) is 4.79 Å². The third-order valence-corrected chi connectivity index (χ3v) is 5.24. The molecule has 0 saturated heterocycles. The van der Waals surface area contributed by atoms with Crippen molar-refractivity contribution in [3.05, 3.63) is 47.4 Å². The highest BCUT2D eigenvalue weighted by Gasteiger charge is 2.21. The third-order valence-electron chi connectivity index (χ3n) is 4.45. The summed E-state index contributed by atoms with van der Waals surface area (Å²) >= 11 is 1.59. The lowest BCUT2D eigenvalue weighted by Gasteiger charge is -2.15. The van der Waals surface area contributed by atoms with Crippen LogP contribution in [0.2, 0.25) is 0 Å². The summed E-state index contributed by atoms with van der Waals surface area (Å²) in [5.74, 6) is 0.889. The summed E-state index contributed by atoms with van der Waals surface area (Å²) < 4.78 is 11.9. The van der Waals surface area contributed by atoms with Gasteiger partial charge >= 0.3 is 5.97 Å². The van der Waals surface area contributed by atoms with Crippen LogP contribution < -0.4 is 10.6 Å². The van der Waals surface area contributed by atoms with Crippen molar-refractivity contribution in [2.24, 2.45) is 0 Å². The average molecular weight is 438 g/mol. The molecule has 0 spiro atoms. The fourth-order valence-electron chi connectivity index (χ4n) is 3.11. The Morgan fingerprint density at radius 1 is 1.26 bits per heavy atom. The fraction of sp³-hybridized carbons (Fsp3) is 0.273. The number of hydrogen-bond donors (Lipinski definition) is 2. The normalized spacial score (nSPS) is 11.1. The molecule has 2 N–H and O–H groups in total. The van der Waals surface area contributed by atoms with E-state index < -0.39 is 5.97 Å². The molecule has 9 heteroatoms. The van der Waals surface area contributed by atoms with Crippen LogP contribution in [0.1, 0.15) is 37.0 Å². The number of carbonyl (C=O) groups excluding carboxylic acids is 1. The maximum Gasteiger partial charge on any atom is 0.360 e. The van der Waals surface area contributed by atoms with Crippen molar-refractivity contribution < 1.29 is 13.9 Å². The Kier molecular flexibility index (Phi) is 5.85. The van der Waals surface area contributed by atoms with Crippen LogP contribution in [-0.4, -0.2) is 33.6 Å². The van der Waals surface area contributed by atoms with Gasteiger partial charge in [0.15, 0.2) is 5.69 Å². The second-order valence-corrected chi connectivity index (χ2v) is 8.10. The van der Waals surface area contributed by atoms with Gasteiger partial charge in [-0.1, -0.05) is 0 Å². The molecule has 1 aromatic carbocycles. The Morgan fingerprint density at radius 3 is 2.87 bits per heavy atom. The number of nitrogens with zero attached hydrogens (tertiary/aromatic N) is 3. The van der Waals surface area contributed by atoms with Gasteiger partial charge in [0.1, 0.15) is 11.6 Å². The van der Waals surface area contributed by atoms with Crippen molar-refractivity contribution in [3.8, 4) is 11.5 Å². The summed E-state index contributed by atoms with van der Waals surface area (Å²) in [5, 5.41) is 6.73. The van der Waals surface area contributed by atoms with Crippen LogP contribution in [0.4, 0.5) is 17.2 Å². The minimum Gasteiger partial charge on any atom is -0.461 e. The highest BCUT2D eigenvalue weighted by atomic mass is 32.1. The number of fused-ring (bicyclic) bond motifs is 1. The van der Waals surface area contributed by atoms with Crippen molar-refractivity contribution in [2.75, 3.05) is 17.2 Å². The number of carbonyl (C=O) groups is 1. The molecule has 0 radical (unpaired) electrons. The second kappa shape index (κ2) is 8.73. The maximum atomic E-state index is 12.1. The number of thiazole rings is 1. The van der Waals surface area contributed by atoms with Crippen LogP contribution in [-0.2, 0) is 4.74 Å². The molecule has 0 aliphatic heterocycles. The lowest BCUT2D eigenvalue weighted by atomic mass is 10.2. The van der Waals surface area contributed by atoms with Crippen LogP contribution in [0.5, 0.6) is 0 Å². The van der Waals surface area contributed by atoms with E-state index in [2.05, 4.69) is 25.6 Å². The molecule has 3 heterocycles. The van der Waals surface area contributed by atoms with Gasteiger partial charge in [0, 0.05) is 24.0 Å². The number of anilines is 3. The number of aryl methyl sites for hydroxylation is 1. The molecule has 4 rings (SSSR count). The SMILES string of the molecule is CCOC(=O)c1nc(-c2cnc(Nc3ccc4ncsc4c3)cc2NC(C)C)oc1C. The molecular weight excluding hydrogens is 414 g/mol. The zero-order valence-electron chi connectivity index (χ0n) is 17.7. The number of hydrogen-bond acceptors (Lipinski definition) is 9. The average Bonchev–Trinajstić information content (AvgIpc) is 3.34. The molecule has 4 aromatic rings. The smallest absolute Gasteiger partial charge is 0.360 e. The lowest BCUT2D eigenvalue weighted by Crippen LogP contribution is -2.11. The first-order valence-electron chi connectivity index (χ1n) is 9.96. The number of rotatable bonds is 7. The molecular formula is C22H23N5O3S. The van der Waals surface area contributed by atoms with E-state index in [0.717, 1.165) is 21.6 Å². The predicted octanol–water partition coefficient (Wildman–Crippen LogP) is 5.40. The Bertz CT molecular complexity index is 1230. The summed E-state index contributed by atoms with van der Waals surface area (Å²) in [5.41, 5.74) is 5.35. The summed E-state index contributed by atoms with van der Waals surface area (Å²) in [4.78, 5) is 25.3. The molecule has 0 atom stereocenters. The van der Waals surface area contributed by atoms with E-state index in [1.807, 2.05) is 43.6 Å². The van der Waals surface area contributed by atoms with Crippen LogP contribution in [0, 0.1) is 6.92 Å². The van der Waals surface area contributed by atoms with Crippen molar-refractivity contribution in [3.63, 3.8) is 0 Å². The number of pyridine rings is 1. The summed E-state index contributed by atoms with van der Waals surface area (Å²) in [6, 6.07) is 8.05. The second-order valence-electron chi connectivity index (χ2n) is 7.22. The maximum absolute atomic E-state index is 12.1. The van der Waals surface area contributed by atoms with E-state index in [1.165, 1.54) is 0 Å². The molecule has 0 saturated carbocycles. The van der Waals surface area contributed by atoms with Gasteiger partial charge < -0.3 is 19.8 Å². The Morgan fingerprint density at radius 2 is 2.10 bits per heavy atom. The van der Waals surface area contributed by atoms with Gasteiger partial charge in [-0.15, -0.1) is 11.3 Å². The monoisotopic (exact) mass is 437 g/mol. The summed E-state index contributed by atoms with van der Waals surface area (Å²) in [6.45, 7) is 7.80. The van der Waals surface area contributed by atoms with E-state index >= 15 is 0 Å². The highest BCUT2D eigenvalue weighted by molar-refractivity contribution is 7.16. The Balaban J connectivity index is 1.67. The predicted molar refractivity (Wildman–Crippen MR) is 122 cm³/mol. The summed E-state index contributed by atoms with van der Waals surface area (Å²) in [6.07, 6.45) is 1.68. The fourth-order valence-corrected chi connectivity index (χ4v) is 3.82. The molecule has 160 valence electrons. The first-order chi connectivity index (χ1) is 14.9. The molecule has 0 aliphatic rings. The minimum absolute atomic E-state index is 0.170. The van der Waals surface area contributed by atoms with Crippen molar-refractivity contribution in [1.82, 2.24) is 15.0 Å². The molecule has 0 amide bonds. The van der Waals surface area contributed by atoms with Gasteiger partial charge in [0.05, 0.1) is 33.6 Å². The first kappa shape index (κ1) is 20.8. The molecule has 0 aliphatic carbocycles. The van der Waals surface area contributed by atoms with Crippen LogP contribution in [0.3, 0.4) is 0 Å². The van der Waals surface area contributed by atoms with Crippen LogP contribution in [0.15, 0.2) is 40.4 Å². The largest absolute Gasteiger partial charge is 0.461 e. The van der Waals surface area contributed by atoms with Gasteiger partial charge in [0.25, 0.3) is 0 Å². The lowest BCUT2D eigenvalue weighted by molar-refractivity contribution is 0.0518. The van der Waals surface area contributed by atoms with Gasteiger partial charge in [0.2, 0.25) is 5.89 Å². The van der Waals surface area contributed by atoms with Crippen LogP contribution in [0.25, 0.3) is 21.7 Å². The standard InChI is InChI=1S/C22H23N5O3S/c1-5-29-22(28)20-13(4)30-21(27-20)15-10-23-19(9-17(15)25-12(2)3)26-14-6-7-16-18(8-14)31-11-24-16/h6-12H,5H2,1-4H3,(H2,23,25,26). The van der Waals surface area contributed by atoms with Gasteiger partial charge in [-0.3, -0.25) is 0 Å². The van der Waals surface area contributed by atoms with E-state index in [1.54, 1.807) is 31.4 Å². The van der Waals surface area contributed by atoms with Crippen molar-refractivity contribution in [1.29, 1.82) is 0 Å². The Labute approximate surface area is 183 Å². The van der Waals surface area contributed by atoms with Crippen LogP contribution >= 0.6 is 11.3 Å². The highest BCUT2D eigenvalue weighted by Crippen LogP contribution is 2.32. The minimum atomic E-state index is -0.502. The van der Waals surface area contributed by atoms with Crippen molar-refractivity contribution in [2.45, 2.75) is 33.7 Å². The third kappa shape index (κ3) is 4.51. The first-order valence-corrected chi connectivity index (χ1v) is 10.8. The van der Waals surface area contributed by atoms with E-state index in [-0.39, 0.29) is 18.3 Å². The zero-order valence-corrected chi connectivity index (χ0v) is 18.5. The zero-order chi connectivity index (χ0) is 22.0. The number of esters is 1. The van der Waals surface area contributed by atoms with Gasteiger partial charge in [-0.25, -0.2) is 19.7 Å². The topological polar surface area (TPSA) is 102 Å². The van der Waals surface area contributed by atoms with E-state index in [4.69, 9.17) is 9.15 Å². The van der Waals surface area contributed by atoms with E-state index in [0.29, 0.717) is 23.0 Å². The van der Waals surface area contributed by atoms with Crippen molar-refractivity contribution >= 4 is 44.7 Å².